The number of hydrogen-bond donors (Lipinski definition) is 0. The van der Waals surface area contributed by atoms with E-state index in [-0.39, 0.29) is 0 Å². The van der Waals surface area contributed by atoms with Crippen LogP contribution in [0.1, 0.15) is 18.4 Å². The molecule has 3 nitrogen and oxygen atoms in total. The molecule has 20 heavy (non-hydrogen) atoms. The van der Waals surface area contributed by atoms with E-state index in [4.69, 9.17) is 0 Å². The maximum atomic E-state index is 12.0. The fourth-order valence-corrected chi connectivity index (χ4v) is 2.64. The summed E-state index contributed by atoms with van der Waals surface area (Å²) in [5.74, 6) is 0.754. The Labute approximate surface area is 120 Å². The fourth-order valence-electron chi connectivity index (χ4n) is 2.64. The van der Waals surface area contributed by atoms with Gasteiger partial charge in [-0.1, -0.05) is 42.5 Å². The first kappa shape index (κ1) is 13.4. The first-order valence-electron chi connectivity index (χ1n) is 7.55. The molecule has 0 atom stereocenters. The summed E-state index contributed by atoms with van der Waals surface area (Å²) in [6.45, 7) is 4.76. The van der Waals surface area contributed by atoms with Crippen molar-refractivity contribution in [2.45, 2.75) is 12.8 Å². The van der Waals surface area contributed by atoms with Gasteiger partial charge in [0.2, 0.25) is 5.91 Å². The molecule has 1 saturated carbocycles. The molecule has 1 aromatic rings. The topological polar surface area (TPSA) is 23.6 Å². The van der Waals surface area contributed by atoms with Gasteiger partial charge >= 0.3 is 0 Å². The Morgan fingerprint density at radius 3 is 2.45 bits per heavy atom. The number of nitrogens with zero attached hydrogens (tertiary/aromatic N) is 2. The minimum absolute atomic E-state index is 0.361. The van der Waals surface area contributed by atoms with E-state index in [1.807, 2.05) is 6.07 Å². The van der Waals surface area contributed by atoms with Crippen LogP contribution < -0.4 is 0 Å². The van der Waals surface area contributed by atoms with Crippen LogP contribution in [0.5, 0.6) is 0 Å². The minimum Gasteiger partial charge on any atom is -0.340 e. The lowest BCUT2D eigenvalue weighted by atomic mass is 10.2. The van der Waals surface area contributed by atoms with E-state index >= 15 is 0 Å². The van der Waals surface area contributed by atoms with Crippen molar-refractivity contribution in [1.82, 2.24) is 9.80 Å². The summed E-state index contributed by atoms with van der Waals surface area (Å²) in [6.07, 6.45) is 6.60. The van der Waals surface area contributed by atoms with Crippen molar-refractivity contribution >= 4 is 12.0 Å². The molecule has 1 aliphatic heterocycles. The molecule has 0 N–H and O–H groups in total. The second kappa shape index (κ2) is 6.23. The molecule has 106 valence electrons. The lowest BCUT2D eigenvalue weighted by Gasteiger charge is -2.34. The summed E-state index contributed by atoms with van der Waals surface area (Å²) in [5.41, 5.74) is 1.25. The van der Waals surface area contributed by atoms with Crippen LogP contribution in [0.25, 0.3) is 6.08 Å². The van der Waals surface area contributed by atoms with E-state index in [9.17, 15) is 4.79 Å². The van der Waals surface area contributed by atoms with Crippen LogP contribution in [0.15, 0.2) is 36.4 Å². The Morgan fingerprint density at radius 2 is 1.80 bits per heavy atom. The number of amides is 1. The summed E-state index contributed by atoms with van der Waals surface area (Å²) in [6, 6.07) is 10.4. The Bertz CT molecular complexity index is 471. The second-order valence-electron chi connectivity index (χ2n) is 5.71. The molecule has 3 rings (SSSR count). The first-order chi connectivity index (χ1) is 9.83. The summed E-state index contributed by atoms with van der Waals surface area (Å²) < 4.78 is 0. The maximum Gasteiger partial charge on any atom is 0.225 e. The van der Waals surface area contributed by atoms with Gasteiger partial charge in [0.05, 0.1) is 0 Å². The Morgan fingerprint density at radius 1 is 1.10 bits per heavy atom. The average molecular weight is 270 g/mol. The molecule has 0 aromatic heterocycles. The highest BCUT2D eigenvalue weighted by Crippen LogP contribution is 2.31. The molecule has 1 aromatic carbocycles. The van der Waals surface area contributed by atoms with E-state index in [0.29, 0.717) is 11.8 Å². The quantitative estimate of drug-likeness (QED) is 0.838. The zero-order valence-corrected chi connectivity index (χ0v) is 11.9. The van der Waals surface area contributed by atoms with E-state index in [1.165, 1.54) is 5.56 Å². The largest absolute Gasteiger partial charge is 0.340 e. The van der Waals surface area contributed by atoms with Gasteiger partial charge in [-0.3, -0.25) is 9.69 Å². The van der Waals surface area contributed by atoms with Crippen molar-refractivity contribution in [1.29, 1.82) is 0 Å². The van der Waals surface area contributed by atoms with Crippen molar-refractivity contribution in [2.24, 2.45) is 5.92 Å². The lowest BCUT2D eigenvalue weighted by Crippen LogP contribution is -2.49. The van der Waals surface area contributed by atoms with Gasteiger partial charge in [0.1, 0.15) is 0 Å². The monoisotopic (exact) mass is 270 g/mol. The van der Waals surface area contributed by atoms with Crippen LogP contribution in [0.3, 0.4) is 0 Å². The summed E-state index contributed by atoms with van der Waals surface area (Å²) in [7, 11) is 0. The van der Waals surface area contributed by atoms with Gasteiger partial charge in [0.15, 0.2) is 0 Å². The van der Waals surface area contributed by atoms with E-state index in [1.54, 1.807) is 0 Å². The standard InChI is InChI=1S/C17H22N2O/c20-17(16-8-9-16)19-13-11-18(12-14-19)10-4-7-15-5-2-1-3-6-15/h1-7,16H,8-14H2/b7-4+. The molecule has 1 amide bonds. The number of hydrogen-bond acceptors (Lipinski definition) is 2. The van der Waals surface area contributed by atoms with Crippen LogP contribution in [0.4, 0.5) is 0 Å². The number of carbonyl (C=O) groups excluding carboxylic acids is 1. The Kier molecular flexibility index (Phi) is 4.16. The van der Waals surface area contributed by atoms with Crippen LogP contribution in [0.2, 0.25) is 0 Å². The zero-order chi connectivity index (χ0) is 13.8. The summed E-state index contributed by atoms with van der Waals surface area (Å²) in [5, 5.41) is 0. The SMILES string of the molecule is O=C(C1CC1)N1CCN(C/C=C/c2ccccc2)CC1. The third-order valence-electron chi connectivity index (χ3n) is 4.08. The van der Waals surface area contributed by atoms with Gasteiger partial charge in [-0.2, -0.15) is 0 Å². The number of piperazine rings is 1. The summed E-state index contributed by atoms with van der Waals surface area (Å²) in [4.78, 5) is 16.4. The van der Waals surface area contributed by atoms with Crippen molar-refractivity contribution in [3.05, 3.63) is 42.0 Å². The van der Waals surface area contributed by atoms with Crippen LogP contribution >= 0.6 is 0 Å². The van der Waals surface area contributed by atoms with Crippen molar-refractivity contribution in [3.8, 4) is 0 Å². The lowest BCUT2D eigenvalue weighted by molar-refractivity contribution is -0.134. The van der Waals surface area contributed by atoms with Crippen molar-refractivity contribution in [3.63, 3.8) is 0 Å². The molecule has 3 heteroatoms. The molecule has 0 bridgehead atoms. The molecule has 0 unspecified atom stereocenters. The minimum atomic E-state index is 0.361. The molecule has 0 spiro atoms. The van der Waals surface area contributed by atoms with Gasteiger partial charge in [-0.25, -0.2) is 0 Å². The van der Waals surface area contributed by atoms with Gasteiger partial charge in [-0.15, -0.1) is 0 Å². The fraction of sp³-hybridized carbons (Fsp3) is 0.471. The predicted molar refractivity (Wildman–Crippen MR) is 81.2 cm³/mol. The predicted octanol–water partition coefficient (Wildman–Crippen LogP) is 2.25. The third-order valence-corrected chi connectivity index (χ3v) is 4.08. The zero-order valence-electron chi connectivity index (χ0n) is 11.9. The van der Waals surface area contributed by atoms with Crippen LogP contribution in [-0.2, 0) is 4.79 Å². The maximum absolute atomic E-state index is 12.0. The highest BCUT2D eigenvalue weighted by atomic mass is 16.2. The van der Waals surface area contributed by atoms with Gasteiger partial charge in [0.25, 0.3) is 0 Å². The van der Waals surface area contributed by atoms with Crippen LogP contribution in [0, 0.1) is 5.92 Å². The number of carbonyl (C=O) groups is 1. The van der Waals surface area contributed by atoms with Crippen molar-refractivity contribution in [2.75, 3.05) is 32.7 Å². The number of rotatable bonds is 4. The van der Waals surface area contributed by atoms with E-state index in [2.05, 4.69) is 46.2 Å². The highest BCUT2D eigenvalue weighted by molar-refractivity contribution is 5.81. The molecule has 1 heterocycles. The molecule has 1 saturated heterocycles. The molecule has 1 aliphatic carbocycles. The smallest absolute Gasteiger partial charge is 0.225 e. The number of benzene rings is 1. The van der Waals surface area contributed by atoms with Gasteiger partial charge in [-0.05, 0) is 18.4 Å². The molecular formula is C17H22N2O. The normalized spacial score (nSPS) is 20.5. The second-order valence-corrected chi connectivity index (χ2v) is 5.71. The third kappa shape index (κ3) is 3.48. The Balaban J connectivity index is 1.42. The van der Waals surface area contributed by atoms with E-state index < -0.39 is 0 Å². The van der Waals surface area contributed by atoms with Gasteiger partial charge in [0, 0.05) is 38.6 Å². The van der Waals surface area contributed by atoms with Crippen molar-refractivity contribution < 1.29 is 4.79 Å². The van der Waals surface area contributed by atoms with Gasteiger partial charge < -0.3 is 4.90 Å². The molecule has 2 aliphatic rings. The first-order valence-corrected chi connectivity index (χ1v) is 7.55. The molecule has 2 fully saturated rings. The Hall–Kier alpha value is -1.61. The average Bonchev–Trinajstić information content (AvgIpc) is 3.33. The van der Waals surface area contributed by atoms with E-state index in [0.717, 1.165) is 45.6 Å². The van der Waals surface area contributed by atoms with Crippen LogP contribution in [-0.4, -0.2) is 48.4 Å². The highest BCUT2D eigenvalue weighted by Gasteiger charge is 2.34. The molecule has 0 radical (unpaired) electrons. The molecular weight excluding hydrogens is 248 g/mol. The summed E-state index contributed by atoms with van der Waals surface area (Å²) >= 11 is 0.